The summed E-state index contributed by atoms with van der Waals surface area (Å²) < 4.78 is 18.3. The molecule has 0 aliphatic rings. The van der Waals surface area contributed by atoms with Crippen molar-refractivity contribution >= 4 is 11.7 Å². The van der Waals surface area contributed by atoms with Crippen LogP contribution in [0.1, 0.15) is 31.7 Å². The van der Waals surface area contributed by atoms with Gasteiger partial charge >= 0.3 is 6.03 Å². The van der Waals surface area contributed by atoms with E-state index in [1.165, 1.54) is 12.1 Å². The first kappa shape index (κ1) is 16.9. The zero-order chi connectivity index (χ0) is 15.5. The number of halogens is 1. The van der Waals surface area contributed by atoms with Crippen LogP contribution < -0.4 is 10.6 Å². The molecule has 0 aliphatic carbocycles. The van der Waals surface area contributed by atoms with Crippen LogP contribution in [-0.2, 0) is 4.74 Å². The number of ether oxygens (including phenoxy) is 1. The third kappa shape index (κ3) is 6.72. The zero-order valence-corrected chi connectivity index (χ0v) is 12.1. The number of nitriles is 1. The summed E-state index contributed by atoms with van der Waals surface area (Å²) in [6.07, 6.45) is 2.85. The molecule has 0 saturated heterocycles. The number of unbranched alkanes of at least 4 members (excludes halogenated alkanes) is 1. The molecule has 1 aromatic rings. The van der Waals surface area contributed by atoms with Gasteiger partial charge in [0.05, 0.1) is 11.3 Å². The number of benzene rings is 1. The van der Waals surface area contributed by atoms with Crippen LogP contribution in [0.25, 0.3) is 0 Å². The van der Waals surface area contributed by atoms with Crippen LogP contribution in [0, 0.1) is 17.1 Å². The van der Waals surface area contributed by atoms with Gasteiger partial charge in [0.15, 0.2) is 0 Å². The first-order chi connectivity index (χ1) is 10.2. The van der Waals surface area contributed by atoms with Crippen LogP contribution in [0.15, 0.2) is 18.2 Å². The summed E-state index contributed by atoms with van der Waals surface area (Å²) >= 11 is 0. The van der Waals surface area contributed by atoms with Gasteiger partial charge in [0.1, 0.15) is 11.9 Å². The van der Waals surface area contributed by atoms with E-state index in [0.29, 0.717) is 19.6 Å². The summed E-state index contributed by atoms with van der Waals surface area (Å²) in [6.45, 7) is 3.91. The maximum Gasteiger partial charge on any atom is 0.319 e. The Balaban J connectivity index is 2.27. The number of urea groups is 1. The molecule has 0 heterocycles. The number of hydrogen-bond donors (Lipinski definition) is 2. The molecule has 114 valence electrons. The quantitative estimate of drug-likeness (QED) is 0.723. The molecule has 5 nitrogen and oxygen atoms in total. The van der Waals surface area contributed by atoms with Crippen molar-refractivity contribution < 1.29 is 13.9 Å². The first-order valence-electron chi connectivity index (χ1n) is 6.99. The molecule has 0 radical (unpaired) electrons. The molecule has 0 aromatic heterocycles. The van der Waals surface area contributed by atoms with Gasteiger partial charge in [0.25, 0.3) is 0 Å². The molecule has 1 rings (SSSR count). The molecule has 0 spiro atoms. The predicted molar refractivity (Wildman–Crippen MR) is 78.5 cm³/mol. The minimum Gasteiger partial charge on any atom is -0.381 e. The predicted octanol–water partition coefficient (Wildman–Crippen LogP) is 3.03. The molecule has 2 amide bonds. The van der Waals surface area contributed by atoms with Crippen molar-refractivity contribution in [3.63, 3.8) is 0 Å². The van der Waals surface area contributed by atoms with E-state index in [4.69, 9.17) is 10.00 Å². The number of carbonyl (C=O) groups excluding carboxylic acids is 1. The summed E-state index contributed by atoms with van der Waals surface area (Å²) in [5.74, 6) is -0.512. The molecule has 21 heavy (non-hydrogen) atoms. The Hall–Kier alpha value is -2.13. The maximum absolute atomic E-state index is 13.0. The lowest BCUT2D eigenvalue weighted by Gasteiger charge is -2.09. The van der Waals surface area contributed by atoms with Crippen LogP contribution in [0.3, 0.4) is 0 Å². The minimum atomic E-state index is -0.512. The second kappa shape index (κ2) is 9.72. The fourth-order valence-corrected chi connectivity index (χ4v) is 1.61. The van der Waals surface area contributed by atoms with Crippen molar-refractivity contribution in [1.82, 2.24) is 5.32 Å². The Morgan fingerprint density at radius 2 is 2.14 bits per heavy atom. The van der Waals surface area contributed by atoms with Crippen molar-refractivity contribution in [3.8, 4) is 6.07 Å². The third-order valence-corrected chi connectivity index (χ3v) is 2.74. The Kier molecular flexibility index (Phi) is 7.84. The topological polar surface area (TPSA) is 74.2 Å². The van der Waals surface area contributed by atoms with Crippen LogP contribution in [0.4, 0.5) is 14.9 Å². The molecule has 1 aromatic carbocycles. The highest BCUT2D eigenvalue weighted by atomic mass is 19.1. The highest BCUT2D eigenvalue weighted by Crippen LogP contribution is 2.15. The molecule has 0 aliphatic heterocycles. The van der Waals surface area contributed by atoms with Crippen molar-refractivity contribution in [3.05, 3.63) is 29.6 Å². The zero-order valence-electron chi connectivity index (χ0n) is 12.1. The van der Waals surface area contributed by atoms with Crippen LogP contribution in [0.2, 0.25) is 0 Å². The molecular weight excluding hydrogens is 273 g/mol. The third-order valence-electron chi connectivity index (χ3n) is 2.74. The Morgan fingerprint density at radius 3 is 2.86 bits per heavy atom. The molecule has 0 saturated carbocycles. The molecule has 0 fully saturated rings. The smallest absolute Gasteiger partial charge is 0.319 e. The number of hydrogen-bond acceptors (Lipinski definition) is 3. The van der Waals surface area contributed by atoms with Crippen molar-refractivity contribution in [1.29, 1.82) is 5.26 Å². The monoisotopic (exact) mass is 293 g/mol. The van der Waals surface area contributed by atoms with Gasteiger partial charge in [-0.3, -0.25) is 0 Å². The normalized spacial score (nSPS) is 9.95. The van der Waals surface area contributed by atoms with Gasteiger partial charge in [-0.1, -0.05) is 13.3 Å². The van der Waals surface area contributed by atoms with Gasteiger partial charge in [-0.25, -0.2) is 9.18 Å². The Morgan fingerprint density at radius 1 is 1.38 bits per heavy atom. The average molecular weight is 293 g/mol. The number of carbonyl (C=O) groups is 1. The highest BCUT2D eigenvalue weighted by molar-refractivity contribution is 5.90. The lowest BCUT2D eigenvalue weighted by Crippen LogP contribution is -2.30. The number of amides is 2. The lowest BCUT2D eigenvalue weighted by atomic mass is 10.2. The SMILES string of the molecule is CCCCOCCCNC(=O)Nc1ccc(F)cc1C#N. The van der Waals surface area contributed by atoms with E-state index in [9.17, 15) is 9.18 Å². The molecule has 0 unspecified atom stereocenters. The maximum atomic E-state index is 13.0. The number of rotatable bonds is 8. The van der Waals surface area contributed by atoms with E-state index in [2.05, 4.69) is 17.6 Å². The highest BCUT2D eigenvalue weighted by Gasteiger charge is 2.07. The summed E-state index contributed by atoms with van der Waals surface area (Å²) in [6, 6.07) is 5.05. The molecule has 6 heteroatoms. The Labute approximate surface area is 124 Å². The first-order valence-corrected chi connectivity index (χ1v) is 6.99. The number of anilines is 1. The van der Waals surface area contributed by atoms with Crippen LogP contribution in [-0.4, -0.2) is 25.8 Å². The average Bonchev–Trinajstić information content (AvgIpc) is 2.48. The summed E-state index contributed by atoms with van der Waals surface area (Å²) in [5, 5.41) is 14.0. The van der Waals surface area contributed by atoms with Gasteiger partial charge < -0.3 is 15.4 Å². The fraction of sp³-hybridized carbons (Fsp3) is 0.467. The van der Waals surface area contributed by atoms with Gasteiger partial charge in [-0.15, -0.1) is 0 Å². The largest absolute Gasteiger partial charge is 0.381 e. The van der Waals surface area contributed by atoms with Gasteiger partial charge in [0.2, 0.25) is 0 Å². The second-order valence-electron chi connectivity index (χ2n) is 4.50. The summed E-state index contributed by atoms with van der Waals surface area (Å²) in [4.78, 5) is 11.6. The van der Waals surface area contributed by atoms with Crippen molar-refractivity contribution in [2.45, 2.75) is 26.2 Å². The van der Waals surface area contributed by atoms with Gasteiger partial charge in [0, 0.05) is 19.8 Å². The van der Waals surface area contributed by atoms with E-state index < -0.39 is 11.8 Å². The van der Waals surface area contributed by atoms with E-state index in [1.807, 2.05) is 6.07 Å². The summed E-state index contributed by atoms with van der Waals surface area (Å²) in [7, 11) is 0. The van der Waals surface area contributed by atoms with Crippen molar-refractivity contribution in [2.24, 2.45) is 0 Å². The molecule has 0 bridgehead atoms. The summed E-state index contributed by atoms with van der Waals surface area (Å²) in [5.41, 5.74) is 0.378. The lowest BCUT2D eigenvalue weighted by molar-refractivity contribution is 0.129. The Bertz CT molecular complexity index is 500. The minimum absolute atomic E-state index is 0.0908. The number of nitrogens with zero attached hydrogens (tertiary/aromatic N) is 1. The fourth-order valence-electron chi connectivity index (χ4n) is 1.61. The van der Waals surface area contributed by atoms with E-state index in [-0.39, 0.29) is 11.3 Å². The van der Waals surface area contributed by atoms with Gasteiger partial charge in [-0.05, 0) is 31.0 Å². The van der Waals surface area contributed by atoms with Crippen LogP contribution in [0.5, 0.6) is 0 Å². The van der Waals surface area contributed by atoms with E-state index >= 15 is 0 Å². The number of nitrogens with one attached hydrogen (secondary N) is 2. The second-order valence-corrected chi connectivity index (χ2v) is 4.50. The van der Waals surface area contributed by atoms with Crippen molar-refractivity contribution in [2.75, 3.05) is 25.1 Å². The van der Waals surface area contributed by atoms with E-state index in [1.54, 1.807) is 0 Å². The van der Waals surface area contributed by atoms with Crippen LogP contribution >= 0.6 is 0 Å². The molecule has 0 atom stereocenters. The standard InChI is InChI=1S/C15H20FN3O2/c1-2-3-8-21-9-4-7-18-15(20)19-14-6-5-13(16)10-12(14)11-17/h5-6,10H,2-4,7-9H2,1H3,(H2,18,19,20). The molecular formula is C15H20FN3O2. The molecule has 2 N–H and O–H groups in total. The van der Waals surface area contributed by atoms with E-state index in [0.717, 1.165) is 25.5 Å². The van der Waals surface area contributed by atoms with Gasteiger partial charge in [-0.2, -0.15) is 5.26 Å².